The first-order chi connectivity index (χ1) is 10.7. The summed E-state index contributed by atoms with van der Waals surface area (Å²) in [5.41, 5.74) is 10.3. The lowest BCUT2D eigenvalue weighted by Crippen LogP contribution is -2.08. The molecule has 2 N–H and O–H groups in total. The number of hydrogen-bond acceptors (Lipinski definition) is 2. The first-order valence-electron chi connectivity index (χ1n) is 7.57. The number of aromatic nitrogens is 2. The monoisotopic (exact) mass is 313 g/mol. The number of aryl methyl sites for hydroxylation is 2. The zero-order chi connectivity index (χ0) is 15.5. The van der Waals surface area contributed by atoms with E-state index in [-0.39, 0.29) is 0 Å². The summed E-state index contributed by atoms with van der Waals surface area (Å²) in [6, 6.07) is 14.5. The second kappa shape index (κ2) is 6.51. The normalized spacial score (nSPS) is 11.2. The van der Waals surface area contributed by atoms with Gasteiger partial charge in [0.15, 0.2) is 0 Å². The lowest BCUT2D eigenvalue weighted by Gasteiger charge is -2.09. The van der Waals surface area contributed by atoms with Gasteiger partial charge in [0.1, 0.15) is 5.82 Å². The Hall–Kier alpha value is -1.84. The van der Waals surface area contributed by atoms with Crippen molar-refractivity contribution in [3.63, 3.8) is 0 Å². The Kier molecular flexibility index (Phi) is 4.46. The van der Waals surface area contributed by atoms with Crippen LogP contribution in [0.2, 0.25) is 5.02 Å². The fourth-order valence-corrected chi connectivity index (χ4v) is 2.82. The molecule has 4 heteroatoms. The van der Waals surface area contributed by atoms with Crippen LogP contribution in [0.3, 0.4) is 0 Å². The summed E-state index contributed by atoms with van der Waals surface area (Å²) in [6.07, 6.45) is 1.82. The van der Waals surface area contributed by atoms with Crippen molar-refractivity contribution >= 4 is 22.6 Å². The van der Waals surface area contributed by atoms with E-state index >= 15 is 0 Å². The SMILES string of the molecule is Cc1ccc(Cn2c(CCCN)nc3cc(Cl)ccc32)cc1. The summed E-state index contributed by atoms with van der Waals surface area (Å²) in [5.74, 6) is 1.07. The van der Waals surface area contributed by atoms with Gasteiger partial charge < -0.3 is 10.3 Å². The Morgan fingerprint density at radius 1 is 1.14 bits per heavy atom. The van der Waals surface area contributed by atoms with Crippen LogP contribution in [-0.2, 0) is 13.0 Å². The number of nitrogens with zero attached hydrogens (tertiary/aromatic N) is 2. The van der Waals surface area contributed by atoms with Gasteiger partial charge in [-0.1, -0.05) is 41.4 Å². The van der Waals surface area contributed by atoms with Gasteiger partial charge in [-0.25, -0.2) is 4.98 Å². The number of nitrogens with two attached hydrogens (primary N) is 1. The van der Waals surface area contributed by atoms with Crippen LogP contribution < -0.4 is 5.73 Å². The third-order valence-electron chi connectivity index (χ3n) is 3.86. The maximum atomic E-state index is 6.09. The molecule has 3 rings (SSSR count). The first-order valence-corrected chi connectivity index (χ1v) is 7.95. The molecule has 0 aliphatic heterocycles. The molecule has 2 aromatic carbocycles. The summed E-state index contributed by atoms with van der Waals surface area (Å²) in [6.45, 7) is 3.60. The summed E-state index contributed by atoms with van der Waals surface area (Å²) in [7, 11) is 0. The zero-order valence-corrected chi connectivity index (χ0v) is 13.5. The molecule has 1 aromatic heterocycles. The predicted molar refractivity (Wildman–Crippen MR) is 92.4 cm³/mol. The highest BCUT2D eigenvalue weighted by Gasteiger charge is 2.11. The Morgan fingerprint density at radius 2 is 1.91 bits per heavy atom. The third kappa shape index (κ3) is 3.16. The van der Waals surface area contributed by atoms with E-state index in [0.29, 0.717) is 6.54 Å². The molecule has 0 radical (unpaired) electrons. The van der Waals surface area contributed by atoms with Gasteiger partial charge in [-0.15, -0.1) is 0 Å². The third-order valence-corrected chi connectivity index (χ3v) is 4.09. The molecule has 0 bridgehead atoms. The van der Waals surface area contributed by atoms with Crippen molar-refractivity contribution in [3.05, 3.63) is 64.4 Å². The van der Waals surface area contributed by atoms with Crippen LogP contribution in [0, 0.1) is 6.92 Å². The summed E-state index contributed by atoms with van der Waals surface area (Å²) in [4.78, 5) is 4.75. The number of benzene rings is 2. The van der Waals surface area contributed by atoms with Crippen molar-refractivity contribution in [3.8, 4) is 0 Å². The van der Waals surface area contributed by atoms with E-state index in [1.807, 2.05) is 18.2 Å². The number of fused-ring (bicyclic) bond motifs is 1. The topological polar surface area (TPSA) is 43.8 Å². The number of rotatable bonds is 5. The van der Waals surface area contributed by atoms with Gasteiger partial charge in [0.2, 0.25) is 0 Å². The van der Waals surface area contributed by atoms with Gasteiger partial charge in [-0.3, -0.25) is 0 Å². The molecular formula is C18H20ClN3. The molecule has 3 aromatic rings. The van der Waals surface area contributed by atoms with Crippen LogP contribution in [0.1, 0.15) is 23.4 Å². The molecule has 3 nitrogen and oxygen atoms in total. The molecule has 1 heterocycles. The number of hydrogen-bond donors (Lipinski definition) is 1. The van der Waals surface area contributed by atoms with E-state index in [2.05, 4.69) is 35.8 Å². The average molecular weight is 314 g/mol. The fraction of sp³-hybridized carbons (Fsp3) is 0.278. The maximum Gasteiger partial charge on any atom is 0.110 e. The molecule has 0 saturated carbocycles. The highest BCUT2D eigenvalue weighted by Crippen LogP contribution is 2.22. The minimum atomic E-state index is 0.675. The number of halogens is 1. The van der Waals surface area contributed by atoms with Crippen LogP contribution in [0.25, 0.3) is 11.0 Å². The molecule has 0 fully saturated rings. The Balaban J connectivity index is 2.02. The molecule has 0 amide bonds. The smallest absolute Gasteiger partial charge is 0.110 e. The minimum Gasteiger partial charge on any atom is -0.330 e. The van der Waals surface area contributed by atoms with Crippen LogP contribution in [0.5, 0.6) is 0 Å². The number of imidazole rings is 1. The molecule has 0 atom stereocenters. The van der Waals surface area contributed by atoms with Crippen LogP contribution in [0.15, 0.2) is 42.5 Å². The largest absolute Gasteiger partial charge is 0.330 e. The van der Waals surface area contributed by atoms with Crippen LogP contribution >= 0.6 is 11.6 Å². The quantitative estimate of drug-likeness (QED) is 0.775. The predicted octanol–water partition coefficient (Wildman–Crippen LogP) is 3.94. The van der Waals surface area contributed by atoms with Crippen LogP contribution in [0.4, 0.5) is 0 Å². The van der Waals surface area contributed by atoms with Gasteiger partial charge in [-0.05, 0) is 43.7 Å². The van der Waals surface area contributed by atoms with E-state index in [9.17, 15) is 0 Å². The van der Waals surface area contributed by atoms with Crippen molar-refractivity contribution in [2.24, 2.45) is 5.73 Å². The molecule has 0 aliphatic carbocycles. The average Bonchev–Trinajstić information content (AvgIpc) is 2.84. The summed E-state index contributed by atoms with van der Waals surface area (Å²) >= 11 is 6.09. The van der Waals surface area contributed by atoms with Crippen LogP contribution in [-0.4, -0.2) is 16.1 Å². The summed E-state index contributed by atoms with van der Waals surface area (Å²) < 4.78 is 2.27. The second-order valence-electron chi connectivity index (χ2n) is 5.63. The molecule has 0 spiro atoms. The van der Waals surface area contributed by atoms with E-state index in [0.717, 1.165) is 41.3 Å². The van der Waals surface area contributed by atoms with Gasteiger partial charge in [0.05, 0.1) is 11.0 Å². The standard InChI is InChI=1S/C18H20ClN3/c1-13-4-6-14(7-5-13)12-22-17-9-8-15(19)11-16(17)21-18(22)3-2-10-20/h4-9,11H,2-3,10,12,20H2,1H3. The van der Waals surface area contributed by atoms with Crippen molar-refractivity contribution in [1.82, 2.24) is 9.55 Å². The van der Waals surface area contributed by atoms with Gasteiger partial charge in [0, 0.05) is 18.0 Å². The molecule has 22 heavy (non-hydrogen) atoms. The highest BCUT2D eigenvalue weighted by atomic mass is 35.5. The second-order valence-corrected chi connectivity index (χ2v) is 6.06. The minimum absolute atomic E-state index is 0.675. The van der Waals surface area contributed by atoms with Crippen molar-refractivity contribution in [1.29, 1.82) is 0 Å². The van der Waals surface area contributed by atoms with Gasteiger partial charge in [0.25, 0.3) is 0 Å². The van der Waals surface area contributed by atoms with E-state index in [1.165, 1.54) is 11.1 Å². The van der Waals surface area contributed by atoms with E-state index < -0.39 is 0 Å². The molecule has 0 aliphatic rings. The van der Waals surface area contributed by atoms with Crippen molar-refractivity contribution in [2.45, 2.75) is 26.3 Å². The highest BCUT2D eigenvalue weighted by molar-refractivity contribution is 6.31. The Labute approximate surface area is 135 Å². The van der Waals surface area contributed by atoms with Gasteiger partial charge >= 0.3 is 0 Å². The van der Waals surface area contributed by atoms with E-state index in [4.69, 9.17) is 22.3 Å². The molecular weight excluding hydrogens is 294 g/mol. The zero-order valence-electron chi connectivity index (χ0n) is 12.7. The molecule has 0 unspecified atom stereocenters. The molecule has 114 valence electrons. The lowest BCUT2D eigenvalue weighted by molar-refractivity contribution is 0.703. The van der Waals surface area contributed by atoms with Gasteiger partial charge in [-0.2, -0.15) is 0 Å². The first kappa shape index (κ1) is 15.1. The fourth-order valence-electron chi connectivity index (χ4n) is 2.66. The van der Waals surface area contributed by atoms with Crippen molar-refractivity contribution in [2.75, 3.05) is 6.54 Å². The Morgan fingerprint density at radius 3 is 2.64 bits per heavy atom. The van der Waals surface area contributed by atoms with Crippen molar-refractivity contribution < 1.29 is 0 Å². The van der Waals surface area contributed by atoms with E-state index in [1.54, 1.807) is 0 Å². The maximum absolute atomic E-state index is 6.09. The Bertz CT molecular complexity index is 775. The lowest BCUT2D eigenvalue weighted by atomic mass is 10.1. The summed E-state index contributed by atoms with van der Waals surface area (Å²) in [5, 5.41) is 0.720. The molecule has 0 saturated heterocycles.